The van der Waals surface area contributed by atoms with Crippen LogP contribution in [-0.4, -0.2) is 25.5 Å². The molecule has 3 nitrogen and oxygen atoms in total. The smallest absolute Gasteiger partial charge is 0.227 e. The first-order valence-electron chi connectivity index (χ1n) is 6.53. The highest BCUT2D eigenvalue weighted by Gasteiger charge is 2.37. The third-order valence-corrected chi connectivity index (χ3v) is 4.38. The molecule has 0 aromatic rings. The summed E-state index contributed by atoms with van der Waals surface area (Å²) in [6, 6.07) is 0. The fourth-order valence-corrected chi connectivity index (χ4v) is 2.71. The van der Waals surface area contributed by atoms with Crippen LogP contribution in [-0.2, 0) is 4.79 Å². The van der Waals surface area contributed by atoms with Gasteiger partial charge in [-0.1, -0.05) is 13.3 Å². The van der Waals surface area contributed by atoms with Gasteiger partial charge < -0.3 is 10.6 Å². The monoisotopic (exact) mass is 260 g/mol. The number of carbonyl (C=O) groups excluding carboxylic acids is 1. The number of hydrogen-bond acceptors (Lipinski definition) is 2. The molecule has 17 heavy (non-hydrogen) atoms. The average Bonchev–Trinajstić information content (AvgIpc) is 2.24. The van der Waals surface area contributed by atoms with Gasteiger partial charge in [0.05, 0.1) is 5.41 Å². The lowest BCUT2D eigenvalue weighted by Gasteiger charge is -2.40. The van der Waals surface area contributed by atoms with E-state index in [1.54, 1.807) is 0 Å². The first-order chi connectivity index (χ1) is 7.54. The Morgan fingerprint density at radius 2 is 1.94 bits per heavy atom. The Hall–Kier alpha value is -0.280. The van der Waals surface area contributed by atoms with Crippen molar-refractivity contribution in [1.29, 1.82) is 0 Å². The van der Waals surface area contributed by atoms with Gasteiger partial charge in [0.15, 0.2) is 0 Å². The van der Waals surface area contributed by atoms with Gasteiger partial charge in [-0.05, 0) is 44.6 Å². The van der Waals surface area contributed by atoms with Crippen molar-refractivity contribution in [3.05, 3.63) is 0 Å². The lowest BCUT2D eigenvalue weighted by atomic mass is 9.70. The first kappa shape index (κ1) is 14.8. The van der Waals surface area contributed by atoms with Crippen molar-refractivity contribution in [2.75, 3.05) is 19.6 Å². The Morgan fingerprint density at radius 3 is 2.41 bits per heavy atom. The summed E-state index contributed by atoms with van der Waals surface area (Å²) < 4.78 is 0. The van der Waals surface area contributed by atoms with E-state index in [4.69, 9.17) is 0 Å². The van der Waals surface area contributed by atoms with Crippen LogP contribution in [0.25, 0.3) is 0 Å². The number of rotatable bonds is 3. The van der Waals surface area contributed by atoms with E-state index in [9.17, 15) is 4.79 Å². The predicted molar refractivity (Wildman–Crippen MR) is 72.4 cm³/mol. The van der Waals surface area contributed by atoms with Gasteiger partial charge in [0.1, 0.15) is 0 Å². The highest BCUT2D eigenvalue weighted by molar-refractivity contribution is 5.85. The highest BCUT2D eigenvalue weighted by atomic mass is 35.5. The van der Waals surface area contributed by atoms with Crippen molar-refractivity contribution in [3.63, 3.8) is 0 Å². The van der Waals surface area contributed by atoms with E-state index in [-0.39, 0.29) is 23.7 Å². The van der Waals surface area contributed by atoms with Crippen LogP contribution in [0, 0.1) is 10.8 Å². The largest absolute Gasteiger partial charge is 0.355 e. The van der Waals surface area contributed by atoms with Crippen molar-refractivity contribution in [3.8, 4) is 0 Å². The molecular formula is C13H25ClN2O. The number of hydrogen-bond donors (Lipinski definition) is 2. The molecule has 2 rings (SSSR count). The van der Waals surface area contributed by atoms with E-state index in [1.165, 1.54) is 19.3 Å². The Balaban J connectivity index is 0.00000144. The summed E-state index contributed by atoms with van der Waals surface area (Å²) in [4.78, 5) is 12.2. The van der Waals surface area contributed by atoms with E-state index in [0.29, 0.717) is 5.41 Å². The Kier molecular flexibility index (Phi) is 4.85. The molecule has 1 heterocycles. The maximum atomic E-state index is 12.2. The van der Waals surface area contributed by atoms with Crippen LogP contribution in [0.15, 0.2) is 0 Å². The summed E-state index contributed by atoms with van der Waals surface area (Å²) in [5, 5.41) is 6.48. The van der Waals surface area contributed by atoms with Crippen molar-refractivity contribution < 1.29 is 4.79 Å². The first-order valence-corrected chi connectivity index (χ1v) is 6.53. The van der Waals surface area contributed by atoms with Crippen molar-refractivity contribution >= 4 is 18.3 Å². The maximum absolute atomic E-state index is 12.2. The zero-order valence-corrected chi connectivity index (χ0v) is 11.8. The van der Waals surface area contributed by atoms with Crippen LogP contribution in [0.3, 0.4) is 0 Å². The number of amides is 1. The average molecular weight is 261 g/mol. The lowest BCUT2D eigenvalue weighted by molar-refractivity contribution is -0.131. The molecule has 0 bridgehead atoms. The SMILES string of the molecule is CC1(CNC(=O)C2(C)CCCNC2)CCC1.Cl. The van der Waals surface area contributed by atoms with E-state index in [1.807, 2.05) is 0 Å². The summed E-state index contributed by atoms with van der Waals surface area (Å²) in [5.74, 6) is 0.243. The third kappa shape index (κ3) is 3.35. The van der Waals surface area contributed by atoms with Crippen LogP contribution >= 0.6 is 12.4 Å². The van der Waals surface area contributed by atoms with Gasteiger partial charge in [-0.2, -0.15) is 0 Å². The minimum absolute atomic E-state index is 0. The van der Waals surface area contributed by atoms with Crippen LogP contribution in [0.4, 0.5) is 0 Å². The molecule has 100 valence electrons. The molecule has 1 aliphatic heterocycles. The summed E-state index contributed by atoms with van der Waals surface area (Å²) in [6.45, 7) is 7.10. The van der Waals surface area contributed by atoms with Gasteiger partial charge >= 0.3 is 0 Å². The van der Waals surface area contributed by atoms with E-state index in [2.05, 4.69) is 24.5 Å². The zero-order chi connectivity index (χ0) is 11.6. The van der Waals surface area contributed by atoms with Crippen LogP contribution in [0.2, 0.25) is 0 Å². The molecule has 1 amide bonds. The molecule has 1 atom stereocenters. The molecule has 0 aromatic carbocycles. The van der Waals surface area contributed by atoms with Crippen LogP contribution < -0.4 is 10.6 Å². The summed E-state index contributed by atoms with van der Waals surface area (Å²) in [6.07, 6.45) is 5.99. The van der Waals surface area contributed by atoms with Crippen LogP contribution in [0.5, 0.6) is 0 Å². The number of nitrogens with one attached hydrogen (secondary N) is 2. The second-order valence-corrected chi connectivity index (χ2v) is 6.19. The summed E-state index contributed by atoms with van der Waals surface area (Å²) in [5.41, 5.74) is 0.201. The Labute approximate surface area is 111 Å². The van der Waals surface area contributed by atoms with Gasteiger partial charge in [0, 0.05) is 13.1 Å². The standard InChI is InChI=1S/C13H24N2O.ClH/c1-12(5-3-6-12)9-15-11(16)13(2)7-4-8-14-10-13;/h14H,3-10H2,1-2H3,(H,15,16);1H. The molecule has 4 heteroatoms. The number of piperidine rings is 1. The lowest BCUT2D eigenvalue weighted by Crippen LogP contribution is -2.51. The Morgan fingerprint density at radius 1 is 1.24 bits per heavy atom. The van der Waals surface area contributed by atoms with Crippen molar-refractivity contribution in [1.82, 2.24) is 10.6 Å². The normalized spacial score (nSPS) is 30.9. The fraction of sp³-hybridized carbons (Fsp3) is 0.923. The molecule has 1 unspecified atom stereocenters. The topological polar surface area (TPSA) is 41.1 Å². The quantitative estimate of drug-likeness (QED) is 0.816. The molecule has 1 saturated carbocycles. The molecule has 2 fully saturated rings. The van der Waals surface area contributed by atoms with E-state index < -0.39 is 0 Å². The molecule has 0 aromatic heterocycles. The minimum Gasteiger partial charge on any atom is -0.355 e. The molecule has 2 N–H and O–H groups in total. The molecule has 0 radical (unpaired) electrons. The van der Waals surface area contributed by atoms with E-state index in [0.717, 1.165) is 32.5 Å². The molecular weight excluding hydrogens is 236 g/mol. The second-order valence-electron chi connectivity index (χ2n) is 6.19. The minimum atomic E-state index is -0.182. The predicted octanol–water partition coefficient (Wildman–Crippen LogP) is 2.10. The summed E-state index contributed by atoms with van der Waals surface area (Å²) in [7, 11) is 0. The molecule has 2 aliphatic rings. The van der Waals surface area contributed by atoms with Gasteiger partial charge in [-0.25, -0.2) is 0 Å². The maximum Gasteiger partial charge on any atom is 0.227 e. The zero-order valence-electron chi connectivity index (χ0n) is 11.0. The third-order valence-electron chi connectivity index (χ3n) is 4.38. The van der Waals surface area contributed by atoms with Gasteiger partial charge in [0.25, 0.3) is 0 Å². The number of carbonyl (C=O) groups is 1. The molecule has 1 saturated heterocycles. The molecule has 1 aliphatic carbocycles. The van der Waals surface area contributed by atoms with Gasteiger partial charge in [-0.15, -0.1) is 12.4 Å². The number of halogens is 1. The highest BCUT2D eigenvalue weighted by Crippen LogP contribution is 2.39. The second kappa shape index (κ2) is 5.57. The van der Waals surface area contributed by atoms with Gasteiger partial charge in [-0.3, -0.25) is 4.79 Å². The van der Waals surface area contributed by atoms with Crippen molar-refractivity contribution in [2.24, 2.45) is 10.8 Å². The van der Waals surface area contributed by atoms with E-state index >= 15 is 0 Å². The fourth-order valence-electron chi connectivity index (χ4n) is 2.71. The molecule has 0 spiro atoms. The Bertz CT molecular complexity index is 271. The van der Waals surface area contributed by atoms with Gasteiger partial charge in [0.2, 0.25) is 5.91 Å². The summed E-state index contributed by atoms with van der Waals surface area (Å²) >= 11 is 0. The van der Waals surface area contributed by atoms with Crippen LogP contribution in [0.1, 0.15) is 46.0 Å². The van der Waals surface area contributed by atoms with Crippen molar-refractivity contribution in [2.45, 2.75) is 46.0 Å².